The van der Waals surface area contributed by atoms with Gasteiger partial charge in [-0.15, -0.1) is 0 Å². The number of ether oxygens (including phenoxy) is 2. The smallest absolute Gasteiger partial charge is 0.325 e. The molecule has 2 heterocycles. The third kappa shape index (κ3) is 4.61. The van der Waals surface area contributed by atoms with Crippen LogP contribution in [-0.4, -0.2) is 62.9 Å². The molecule has 3 rings (SSSR count). The molecule has 0 aliphatic carbocycles. The lowest BCUT2D eigenvalue weighted by Crippen LogP contribution is -2.42. The van der Waals surface area contributed by atoms with Crippen molar-refractivity contribution in [2.24, 2.45) is 0 Å². The summed E-state index contributed by atoms with van der Waals surface area (Å²) in [6.07, 6.45) is 0.498. The van der Waals surface area contributed by atoms with Gasteiger partial charge in [-0.05, 0) is 12.1 Å². The number of anilines is 2. The minimum atomic E-state index is -3.49. The highest BCUT2D eigenvalue weighted by Gasteiger charge is 2.30. The lowest BCUT2D eigenvalue weighted by atomic mass is 10.2. The first-order valence-corrected chi connectivity index (χ1v) is 10.9. The number of methoxy groups -OCH3 is 2. The Balaban J connectivity index is 1.67. The van der Waals surface area contributed by atoms with Gasteiger partial charge in [0.15, 0.2) is 16.6 Å². The topological polar surface area (TPSA) is 113 Å². The monoisotopic (exact) mass is 441 g/mol. The average Bonchev–Trinajstić information content (AvgIpc) is 3.08. The van der Waals surface area contributed by atoms with Crippen LogP contribution in [0.5, 0.6) is 11.5 Å². The van der Waals surface area contributed by atoms with Crippen molar-refractivity contribution in [2.45, 2.75) is 13.0 Å². The standard InChI is InChI=1S/C17H23N5O5S2/c1-21(2)29(24,25)22-8-7-12-15(10-22)28-17(19-12)20-16(23)18-11-5-6-13(26-3)14(9-11)27-4/h5-6,9H,7-8,10H2,1-4H3,(H2,18,19,20,23). The van der Waals surface area contributed by atoms with Gasteiger partial charge >= 0.3 is 6.03 Å². The molecule has 2 amide bonds. The molecule has 0 radical (unpaired) electrons. The summed E-state index contributed by atoms with van der Waals surface area (Å²) < 4.78 is 37.6. The second-order valence-corrected chi connectivity index (χ2v) is 9.64. The van der Waals surface area contributed by atoms with Gasteiger partial charge in [-0.1, -0.05) is 11.3 Å². The van der Waals surface area contributed by atoms with E-state index in [-0.39, 0.29) is 6.54 Å². The van der Waals surface area contributed by atoms with Gasteiger partial charge in [-0.3, -0.25) is 5.32 Å². The van der Waals surface area contributed by atoms with Crippen LogP contribution in [0.2, 0.25) is 0 Å². The Morgan fingerprint density at radius 2 is 1.93 bits per heavy atom. The second kappa shape index (κ2) is 8.53. The maximum Gasteiger partial charge on any atom is 0.325 e. The molecule has 0 fully saturated rings. The number of nitrogens with zero attached hydrogens (tertiary/aromatic N) is 3. The summed E-state index contributed by atoms with van der Waals surface area (Å²) in [5, 5.41) is 5.82. The molecule has 1 aliphatic rings. The molecule has 0 atom stereocenters. The molecule has 10 nitrogen and oxygen atoms in total. The van der Waals surface area contributed by atoms with E-state index in [9.17, 15) is 13.2 Å². The number of fused-ring (bicyclic) bond motifs is 1. The normalized spacial score (nSPS) is 14.4. The van der Waals surface area contributed by atoms with Crippen molar-refractivity contribution >= 4 is 38.4 Å². The lowest BCUT2D eigenvalue weighted by molar-refractivity contribution is 0.262. The number of urea groups is 1. The van der Waals surface area contributed by atoms with Crippen LogP contribution in [-0.2, 0) is 23.2 Å². The highest BCUT2D eigenvalue weighted by molar-refractivity contribution is 7.86. The van der Waals surface area contributed by atoms with Crippen molar-refractivity contribution in [2.75, 3.05) is 45.5 Å². The average molecular weight is 442 g/mol. The summed E-state index contributed by atoms with van der Waals surface area (Å²) in [4.78, 5) is 17.6. The number of benzene rings is 1. The molecule has 1 aromatic carbocycles. The second-order valence-electron chi connectivity index (χ2n) is 6.41. The van der Waals surface area contributed by atoms with Crippen molar-refractivity contribution in [3.63, 3.8) is 0 Å². The van der Waals surface area contributed by atoms with Crippen molar-refractivity contribution in [3.05, 3.63) is 28.8 Å². The van der Waals surface area contributed by atoms with E-state index in [4.69, 9.17) is 9.47 Å². The molecule has 0 saturated heterocycles. The molecule has 0 unspecified atom stereocenters. The molecule has 2 N–H and O–H groups in total. The van der Waals surface area contributed by atoms with E-state index in [0.29, 0.717) is 35.3 Å². The van der Waals surface area contributed by atoms with Crippen LogP contribution >= 0.6 is 11.3 Å². The molecule has 29 heavy (non-hydrogen) atoms. The van der Waals surface area contributed by atoms with E-state index in [1.54, 1.807) is 18.2 Å². The molecular weight excluding hydrogens is 418 g/mol. The maximum atomic E-state index is 12.3. The van der Waals surface area contributed by atoms with Crippen molar-refractivity contribution in [3.8, 4) is 11.5 Å². The van der Waals surface area contributed by atoms with E-state index < -0.39 is 16.2 Å². The summed E-state index contributed by atoms with van der Waals surface area (Å²) in [6.45, 7) is 0.598. The van der Waals surface area contributed by atoms with Crippen LogP contribution in [0.1, 0.15) is 10.6 Å². The van der Waals surface area contributed by atoms with Crippen LogP contribution < -0.4 is 20.1 Å². The largest absolute Gasteiger partial charge is 0.493 e. The molecule has 12 heteroatoms. The first-order chi connectivity index (χ1) is 13.7. The minimum Gasteiger partial charge on any atom is -0.493 e. The van der Waals surface area contributed by atoms with E-state index in [2.05, 4.69) is 15.6 Å². The summed E-state index contributed by atoms with van der Waals surface area (Å²) in [6, 6.07) is 4.57. The molecule has 0 bridgehead atoms. The summed E-state index contributed by atoms with van der Waals surface area (Å²) >= 11 is 1.27. The van der Waals surface area contributed by atoms with Gasteiger partial charge in [0.2, 0.25) is 0 Å². The van der Waals surface area contributed by atoms with Gasteiger partial charge in [0.05, 0.1) is 26.5 Å². The first kappa shape index (κ1) is 21.3. The number of hydrogen-bond donors (Lipinski definition) is 2. The quantitative estimate of drug-likeness (QED) is 0.709. The van der Waals surface area contributed by atoms with Crippen LogP contribution in [0.4, 0.5) is 15.6 Å². The van der Waals surface area contributed by atoms with E-state index in [0.717, 1.165) is 10.6 Å². The van der Waals surface area contributed by atoms with Gasteiger partial charge in [0.25, 0.3) is 10.2 Å². The zero-order chi connectivity index (χ0) is 21.2. The number of amides is 2. The summed E-state index contributed by atoms with van der Waals surface area (Å²) in [5.41, 5.74) is 1.34. The molecule has 1 aromatic heterocycles. The molecule has 0 spiro atoms. The number of thiazole rings is 1. The summed E-state index contributed by atoms with van der Waals surface area (Å²) in [5.74, 6) is 1.06. The van der Waals surface area contributed by atoms with Gasteiger partial charge < -0.3 is 14.8 Å². The fraction of sp³-hybridized carbons (Fsp3) is 0.412. The Morgan fingerprint density at radius 3 is 2.59 bits per heavy atom. The maximum absolute atomic E-state index is 12.3. The van der Waals surface area contributed by atoms with E-state index in [1.807, 2.05) is 0 Å². The Kier molecular flexibility index (Phi) is 6.27. The van der Waals surface area contributed by atoms with Crippen LogP contribution in [0.25, 0.3) is 0 Å². The third-order valence-electron chi connectivity index (χ3n) is 4.35. The Bertz CT molecular complexity index is 1010. The van der Waals surface area contributed by atoms with Crippen LogP contribution in [0, 0.1) is 0 Å². The molecule has 1 aliphatic heterocycles. The van der Waals surface area contributed by atoms with Gasteiger partial charge in [0.1, 0.15) is 0 Å². The van der Waals surface area contributed by atoms with Crippen LogP contribution in [0.3, 0.4) is 0 Å². The number of rotatable bonds is 6. The SMILES string of the molecule is COc1ccc(NC(=O)Nc2nc3c(s2)CN(S(=O)(=O)N(C)C)CC3)cc1OC. The minimum absolute atomic E-state index is 0.243. The molecule has 158 valence electrons. The number of nitrogens with one attached hydrogen (secondary N) is 2. The Morgan fingerprint density at radius 1 is 1.21 bits per heavy atom. The molecule has 0 saturated carbocycles. The van der Waals surface area contributed by atoms with Crippen molar-refractivity contribution < 1.29 is 22.7 Å². The zero-order valence-corrected chi connectivity index (χ0v) is 18.2. The van der Waals surface area contributed by atoms with Gasteiger partial charge in [-0.25, -0.2) is 9.78 Å². The van der Waals surface area contributed by atoms with E-state index in [1.165, 1.54) is 48.3 Å². The Hall–Kier alpha value is -2.41. The number of carbonyl (C=O) groups is 1. The van der Waals surface area contributed by atoms with E-state index >= 15 is 0 Å². The fourth-order valence-corrected chi connectivity index (χ4v) is 5.00. The van der Waals surface area contributed by atoms with Crippen LogP contribution in [0.15, 0.2) is 18.2 Å². The highest BCUT2D eigenvalue weighted by Crippen LogP contribution is 2.31. The molecule has 2 aromatic rings. The van der Waals surface area contributed by atoms with Gasteiger partial charge in [0, 0.05) is 43.7 Å². The first-order valence-electron chi connectivity index (χ1n) is 8.70. The fourth-order valence-electron chi connectivity index (χ4n) is 2.83. The van der Waals surface area contributed by atoms with Crippen molar-refractivity contribution in [1.29, 1.82) is 0 Å². The Labute approximate surface area is 173 Å². The predicted octanol–water partition coefficient (Wildman–Crippen LogP) is 1.97. The van der Waals surface area contributed by atoms with Crippen molar-refractivity contribution in [1.82, 2.24) is 13.6 Å². The number of hydrogen-bond acceptors (Lipinski definition) is 7. The lowest BCUT2D eigenvalue weighted by Gasteiger charge is -2.27. The third-order valence-corrected chi connectivity index (χ3v) is 7.23. The number of aromatic nitrogens is 1. The summed E-state index contributed by atoms with van der Waals surface area (Å²) in [7, 11) is 2.57. The number of carbonyl (C=O) groups excluding carboxylic acids is 1. The highest BCUT2D eigenvalue weighted by atomic mass is 32.2. The predicted molar refractivity (Wildman–Crippen MR) is 111 cm³/mol. The molecular formula is C17H23N5O5S2. The van der Waals surface area contributed by atoms with Gasteiger partial charge in [-0.2, -0.15) is 17.0 Å². The zero-order valence-electron chi connectivity index (χ0n) is 16.6.